The quantitative estimate of drug-likeness (QED) is 0.561. The van der Waals surface area contributed by atoms with Crippen LogP contribution in [0.4, 0.5) is 19.0 Å². The van der Waals surface area contributed by atoms with Crippen LogP contribution in [0.15, 0.2) is 12.4 Å². The minimum absolute atomic E-state index is 0.0353. The van der Waals surface area contributed by atoms with Gasteiger partial charge in [-0.3, -0.25) is 0 Å². The molecule has 0 aromatic carbocycles. The van der Waals surface area contributed by atoms with Crippen LogP contribution in [0, 0.1) is 5.92 Å². The predicted octanol–water partition coefficient (Wildman–Crippen LogP) is 5.35. The smallest absolute Gasteiger partial charge is 0.434 e. The molecular weight excluding hydrogens is 419 g/mol. The van der Waals surface area contributed by atoms with E-state index >= 15 is 0 Å². The molecule has 1 saturated carbocycles. The first-order valence-electron chi connectivity index (χ1n) is 10.0. The summed E-state index contributed by atoms with van der Waals surface area (Å²) in [5, 5.41) is 0.155. The number of imidazole rings is 1. The molecule has 1 fully saturated rings. The number of halogens is 4. The van der Waals surface area contributed by atoms with Crippen molar-refractivity contribution in [2.45, 2.75) is 57.7 Å². The van der Waals surface area contributed by atoms with Gasteiger partial charge in [-0.05, 0) is 57.0 Å². The Morgan fingerprint density at radius 2 is 1.90 bits per heavy atom. The third-order valence-electron chi connectivity index (χ3n) is 5.64. The van der Waals surface area contributed by atoms with E-state index in [4.69, 9.17) is 16.3 Å². The van der Waals surface area contributed by atoms with E-state index in [1.807, 2.05) is 25.8 Å². The van der Waals surface area contributed by atoms with E-state index in [0.717, 1.165) is 38.4 Å². The fraction of sp³-hybridized carbons (Fsp3) is 0.650. The largest absolute Gasteiger partial charge is 0.491 e. The van der Waals surface area contributed by atoms with Crippen LogP contribution in [0.2, 0.25) is 5.28 Å². The molecule has 30 heavy (non-hydrogen) atoms. The number of aromatic nitrogens is 4. The van der Waals surface area contributed by atoms with Crippen molar-refractivity contribution in [2.75, 3.05) is 25.6 Å². The van der Waals surface area contributed by atoms with E-state index in [9.17, 15) is 13.2 Å². The molecule has 6 nitrogen and oxygen atoms in total. The Labute approximate surface area is 179 Å². The molecule has 1 aliphatic carbocycles. The van der Waals surface area contributed by atoms with Gasteiger partial charge in [0.2, 0.25) is 5.28 Å². The highest BCUT2D eigenvalue weighted by Crippen LogP contribution is 2.39. The second-order valence-corrected chi connectivity index (χ2v) is 8.45. The second kappa shape index (κ2) is 8.99. The van der Waals surface area contributed by atoms with E-state index in [-0.39, 0.29) is 17.2 Å². The van der Waals surface area contributed by atoms with Gasteiger partial charge in [0.15, 0.2) is 17.3 Å². The molecule has 3 rings (SSSR count). The zero-order valence-corrected chi connectivity index (χ0v) is 18.3. The van der Waals surface area contributed by atoms with Crippen molar-refractivity contribution in [2.24, 2.45) is 5.92 Å². The number of rotatable bonds is 6. The Balaban J connectivity index is 1.67. The number of methoxy groups -OCH3 is 1. The third kappa shape index (κ3) is 4.99. The molecular formula is C20H27ClF3N5O. The van der Waals surface area contributed by atoms with Gasteiger partial charge >= 0.3 is 6.18 Å². The molecule has 166 valence electrons. The van der Waals surface area contributed by atoms with Gasteiger partial charge in [-0.25, -0.2) is 9.97 Å². The summed E-state index contributed by atoms with van der Waals surface area (Å²) >= 11 is 5.93. The van der Waals surface area contributed by atoms with Gasteiger partial charge in [-0.1, -0.05) is 0 Å². The fourth-order valence-corrected chi connectivity index (χ4v) is 4.22. The molecule has 0 aliphatic heterocycles. The number of alkyl halides is 3. The SMILES string of the molecule is COc1cnc(Cl)nc1N(C)CC1CCC(c2nc(C(F)(F)F)cn2C(C)C)CC1. The number of ether oxygens (including phenoxy) is 1. The summed E-state index contributed by atoms with van der Waals surface area (Å²) in [5.41, 5.74) is -0.805. The zero-order valence-electron chi connectivity index (χ0n) is 17.6. The lowest BCUT2D eigenvalue weighted by Crippen LogP contribution is -2.29. The van der Waals surface area contributed by atoms with E-state index in [1.54, 1.807) is 17.9 Å². The van der Waals surface area contributed by atoms with E-state index in [1.165, 1.54) is 0 Å². The van der Waals surface area contributed by atoms with Crippen LogP contribution in [0.3, 0.4) is 0 Å². The minimum atomic E-state index is -4.42. The average Bonchev–Trinajstić information content (AvgIpc) is 3.15. The maximum absolute atomic E-state index is 13.2. The van der Waals surface area contributed by atoms with Crippen molar-refractivity contribution in [1.82, 2.24) is 19.5 Å². The maximum Gasteiger partial charge on any atom is 0.434 e. The van der Waals surface area contributed by atoms with Gasteiger partial charge in [0.05, 0.1) is 13.3 Å². The second-order valence-electron chi connectivity index (χ2n) is 8.11. The molecule has 0 atom stereocenters. The summed E-state index contributed by atoms with van der Waals surface area (Å²) in [6.07, 6.45) is 1.69. The molecule has 2 aromatic rings. The monoisotopic (exact) mass is 445 g/mol. The van der Waals surface area contributed by atoms with E-state index in [0.29, 0.717) is 23.3 Å². The van der Waals surface area contributed by atoms with Crippen LogP contribution in [-0.2, 0) is 6.18 Å². The van der Waals surface area contributed by atoms with Crippen LogP contribution in [-0.4, -0.2) is 40.2 Å². The Hall–Kier alpha value is -2.03. The Bertz CT molecular complexity index is 863. The Kier molecular flexibility index (Phi) is 6.79. The molecule has 2 heterocycles. The lowest BCUT2D eigenvalue weighted by molar-refractivity contribution is -0.141. The molecule has 0 radical (unpaired) electrons. The molecule has 0 bridgehead atoms. The van der Waals surface area contributed by atoms with Gasteiger partial charge in [-0.15, -0.1) is 0 Å². The first kappa shape index (κ1) is 22.7. The molecule has 0 saturated heterocycles. The Morgan fingerprint density at radius 3 is 2.47 bits per heavy atom. The fourth-order valence-electron chi connectivity index (χ4n) is 4.10. The lowest BCUT2D eigenvalue weighted by Gasteiger charge is -2.32. The number of nitrogens with zero attached hydrogens (tertiary/aromatic N) is 5. The summed E-state index contributed by atoms with van der Waals surface area (Å²) in [4.78, 5) is 14.2. The highest BCUT2D eigenvalue weighted by molar-refractivity contribution is 6.28. The normalized spacial score (nSPS) is 19.9. The third-order valence-corrected chi connectivity index (χ3v) is 5.82. The van der Waals surface area contributed by atoms with Crippen molar-refractivity contribution in [1.29, 1.82) is 0 Å². The molecule has 0 amide bonds. The highest BCUT2D eigenvalue weighted by Gasteiger charge is 2.37. The summed E-state index contributed by atoms with van der Waals surface area (Å²) in [5.74, 6) is 2.16. The molecule has 0 spiro atoms. The summed E-state index contributed by atoms with van der Waals surface area (Å²) < 4.78 is 46.5. The first-order chi connectivity index (χ1) is 14.1. The standard InChI is InChI=1S/C20H27ClF3N5O/c1-12(2)29-11-16(20(22,23)24)26-17(29)14-7-5-13(6-8-14)10-28(3)18-15(30-4)9-25-19(21)27-18/h9,11-14H,5-8,10H2,1-4H3. The van der Waals surface area contributed by atoms with Crippen LogP contribution >= 0.6 is 11.6 Å². The average molecular weight is 446 g/mol. The number of hydrogen-bond donors (Lipinski definition) is 0. The van der Waals surface area contributed by atoms with Crippen LogP contribution in [0.25, 0.3) is 0 Å². The topological polar surface area (TPSA) is 56.1 Å². The van der Waals surface area contributed by atoms with Crippen molar-refractivity contribution in [3.63, 3.8) is 0 Å². The summed E-state index contributed by atoms with van der Waals surface area (Å²) in [6, 6.07) is -0.0672. The first-order valence-corrected chi connectivity index (χ1v) is 10.4. The summed E-state index contributed by atoms with van der Waals surface area (Å²) in [7, 11) is 3.48. The van der Waals surface area contributed by atoms with Crippen LogP contribution in [0.1, 0.15) is 63.0 Å². The maximum atomic E-state index is 13.2. The predicted molar refractivity (Wildman–Crippen MR) is 109 cm³/mol. The summed E-state index contributed by atoms with van der Waals surface area (Å²) in [6.45, 7) is 4.52. The minimum Gasteiger partial charge on any atom is -0.491 e. The van der Waals surface area contributed by atoms with Gasteiger partial charge in [0.25, 0.3) is 0 Å². The van der Waals surface area contributed by atoms with E-state index < -0.39 is 11.9 Å². The van der Waals surface area contributed by atoms with Crippen molar-refractivity contribution in [3.05, 3.63) is 29.2 Å². The highest BCUT2D eigenvalue weighted by atomic mass is 35.5. The molecule has 1 aliphatic rings. The lowest BCUT2D eigenvalue weighted by atomic mass is 9.81. The Morgan fingerprint density at radius 1 is 1.23 bits per heavy atom. The molecule has 0 unspecified atom stereocenters. The zero-order chi connectivity index (χ0) is 22.1. The van der Waals surface area contributed by atoms with Crippen molar-refractivity contribution < 1.29 is 17.9 Å². The van der Waals surface area contributed by atoms with Crippen LogP contribution < -0.4 is 9.64 Å². The van der Waals surface area contributed by atoms with Crippen molar-refractivity contribution in [3.8, 4) is 5.75 Å². The molecule has 2 aromatic heterocycles. The molecule has 10 heteroatoms. The van der Waals surface area contributed by atoms with Gasteiger partial charge < -0.3 is 14.2 Å². The van der Waals surface area contributed by atoms with Crippen LogP contribution in [0.5, 0.6) is 5.75 Å². The number of anilines is 1. The van der Waals surface area contributed by atoms with Crippen molar-refractivity contribution >= 4 is 17.4 Å². The van der Waals surface area contributed by atoms with Gasteiger partial charge in [0.1, 0.15) is 5.82 Å². The van der Waals surface area contributed by atoms with Gasteiger partial charge in [0, 0.05) is 31.7 Å². The number of hydrogen-bond acceptors (Lipinski definition) is 5. The van der Waals surface area contributed by atoms with E-state index in [2.05, 4.69) is 15.0 Å². The molecule has 0 N–H and O–H groups in total. The van der Waals surface area contributed by atoms with Gasteiger partial charge in [-0.2, -0.15) is 18.2 Å².